The van der Waals surface area contributed by atoms with Crippen LogP contribution in [0.5, 0.6) is 5.75 Å². The minimum atomic E-state index is 0.0488. The second-order valence-corrected chi connectivity index (χ2v) is 4.23. The molecule has 1 aromatic rings. The molecule has 92 valence electrons. The highest BCUT2D eigenvalue weighted by atomic mass is 35.5. The van der Waals surface area contributed by atoms with Crippen LogP contribution in [-0.4, -0.2) is 31.4 Å². The van der Waals surface area contributed by atoms with E-state index in [0.717, 1.165) is 5.75 Å². The zero-order valence-corrected chi connectivity index (χ0v) is 10.8. The molecule has 0 N–H and O–H groups in total. The number of hydrogen-bond acceptors (Lipinski definition) is 3. The number of nitrogens with zero attached hydrogens (tertiary/aromatic N) is 1. The van der Waals surface area contributed by atoms with Crippen LogP contribution in [0.15, 0.2) is 36.5 Å². The molecule has 4 heteroatoms. The van der Waals surface area contributed by atoms with E-state index in [1.807, 2.05) is 19.0 Å². The second kappa shape index (κ2) is 6.97. The van der Waals surface area contributed by atoms with Gasteiger partial charge in [-0.05, 0) is 30.3 Å². The van der Waals surface area contributed by atoms with Crippen LogP contribution in [0, 0.1) is 0 Å². The van der Waals surface area contributed by atoms with E-state index in [0.29, 0.717) is 18.1 Å². The molecule has 0 aliphatic heterocycles. The van der Waals surface area contributed by atoms with E-state index >= 15 is 0 Å². The van der Waals surface area contributed by atoms with Crippen molar-refractivity contribution < 1.29 is 9.53 Å². The summed E-state index contributed by atoms with van der Waals surface area (Å²) in [5.41, 5.74) is 0. The Labute approximate surface area is 107 Å². The molecule has 0 unspecified atom stereocenters. The molecule has 17 heavy (non-hydrogen) atoms. The fourth-order valence-electron chi connectivity index (χ4n) is 1.12. The Hall–Kier alpha value is -1.48. The topological polar surface area (TPSA) is 29.5 Å². The van der Waals surface area contributed by atoms with Gasteiger partial charge in [0.25, 0.3) is 0 Å². The van der Waals surface area contributed by atoms with Gasteiger partial charge in [-0.2, -0.15) is 0 Å². The number of halogens is 1. The Morgan fingerprint density at radius 1 is 1.35 bits per heavy atom. The maximum absolute atomic E-state index is 11.4. The number of carbonyl (C=O) groups is 1. The number of benzene rings is 1. The average Bonchev–Trinajstić information content (AvgIpc) is 2.29. The highest BCUT2D eigenvalue weighted by Gasteiger charge is 1.98. The lowest BCUT2D eigenvalue weighted by Gasteiger charge is -2.05. The van der Waals surface area contributed by atoms with Gasteiger partial charge in [-0.15, -0.1) is 0 Å². The zero-order valence-electron chi connectivity index (χ0n) is 10.0. The van der Waals surface area contributed by atoms with Crippen molar-refractivity contribution in [2.45, 2.75) is 6.42 Å². The normalized spacial score (nSPS) is 10.5. The minimum Gasteiger partial charge on any atom is -0.493 e. The van der Waals surface area contributed by atoms with Gasteiger partial charge in [-0.3, -0.25) is 4.79 Å². The molecule has 0 heterocycles. The first-order chi connectivity index (χ1) is 8.08. The van der Waals surface area contributed by atoms with Crippen LogP contribution >= 0.6 is 11.6 Å². The number of rotatable bonds is 6. The summed E-state index contributed by atoms with van der Waals surface area (Å²) in [5.74, 6) is 0.770. The Morgan fingerprint density at radius 2 is 2.00 bits per heavy atom. The van der Waals surface area contributed by atoms with Crippen LogP contribution in [-0.2, 0) is 4.79 Å². The fourth-order valence-corrected chi connectivity index (χ4v) is 1.24. The van der Waals surface area contributed by atoms with Gasteiger partial charge in [-0.25, -0.2) is 0 Å². The standard InChI is InChI=1S/C13H16ClNO2/c1-15(2)9-7-12(16)8-10-17-13-5-3-11(14)4-6-13/h3-7,9H,8,10H2,1-2H3. The molecule has 0 radical (unpaired) electrons. The van der Waals surface area contributed by atoms with Crippen molar-refractivity contribution in [2.75, 3.05) is 20.7 Å². The molecular weight excluding hydrogens is 238 g/mol. The van der Waals surface area contributed by atoms with Crippen LogP contribution in [0.3, 0.4) is 0 Å². The SMILES string of the molecule is CN(C)C=CC(=O)CCOc1ccc(Cl)cc1. The molecule has 3 nitrogen and oxygen atoms in total. The van der Waals surface area contributed by atoms with Crippen molar-refractivity contribution >= 4 is 17.4 Å². The summed E-state index contributed by atoms with van der Waals surface area (Å²) in [5, 5.41) is 0.669. The van der Waals surface area contributed by atoms with Crippen LogP contribution < -0.4 is 4.74 Å². The largest absolute Gasteiger partial charge is 0.493 e. The summed E-state index contributed by atoms with van der Waals surface area (Å²) in [6.45, 7) is 0.373. The van der Waals surface area contributed by atoms with Crippen molar-refractivity contribution in [2.24, 2.45) is 0 Å². The lowest BCUT2D eigenvalue weighted by atomic mass is 10.3. The molecule has 1 aromatic carbocycles. The lowest BCUT2D eigenvalue weighted by molar-refractivity contribution is -0.115. The van der Waals surface area contributed by atoms with Gasteiger partial charge in [0, 0.05) is 31.7 Å². The van der Waals surface area contributed by atoms with Crippen LogP contribution in [0.25, 0.3) is 0 Å². The first kappa shape index (κ1) is 13.6. The van der Waals surface area contributed by atoms with Crippen molar-refractivity contribution in [3.8, 4) is 5.75 Å². The number of allylic oxidation sites excluding steroid dienone is 1. The summed E-state index contributed by atoms with van der Waals surface area (Å²) in [7, 11) is 3.74. The zero-order chi connectivity index (χ0) is 12.7. The van der Waals surface area contributed by atoms with Crippen molar-refractivity contribution in [1.82, 2.24) is 4.90 Å². The lowest BCUT2D eigenvalue weighted by Crippen LogP contribution is -2.06. The molecular formula is C13H16ClNO2. The van der Waals surface area contributed by atoms with Crippen LogP contribution in [0.1, 0.15) is 6.42 Å². The third-order valence-corrected chi connectivity index (χ3v) is 2.24. The van der Waals surface area contributed by atoms with Crippen LogP contribution in [0.2, 0.25) is 5.02 Å². The number of ketones is 1. The number of carbonyl (C=O) groups excluding carboxylic acids is 1. The fraction of sp³-hybridized carbons (Fsp3) is 0.308. The molecule has 0 amide bonds. The third kappa shape index (κ3) is 5.97. The smallest absolute Gasteiger partial charge is 0.160 e. The molecule has 0 aromatic heterocycles. The quantitative estimate of drug-likeness (QED) is 0.730. The molecule has 0 aliphatic rings. The van der Waals surface area contributed by atoms with E-state index in [4.69, 9.17) is 16.3 Å². The molecule has 0 bridgehead atoms. The molecule has 0 fully saturated rings. The van der Waals surface area contributed by atoms with Gasteiger partial charge in [0.2, 0.25) is 0 Å². The van der Waals surface area contributed by atoms with E-state index in [2.05, 4.69) is 0 Å². The summed E-state index contributed by atoms with van der Waals surface area (Å²) < 4.78 is 5.41. The number of hydrogen-bond donors (Lipinski definition) is 0. The van der Waals surface area contributed by atoms with E-state index in [9.17, 15) is 4.79 Å². The molecule has 0 atom stereocenters. The first-order valence-corrected chi connectivity index (χ1v) is 5.71. The van der Waals surface area contributed by atoms with Gasteiger partial charge in [0.05, 0.1) is 6.61 Å². The summed E-state index contributed by atoms with van der Waals surface area (Å²) in [6.07, 6.45) is 3.64. The average molecular weight is 254 g/mol. The minimum absolute atomic E-state index is 0.0488. The third-order valence-electron chi connectivity index (χ3n) is 1.99. The molecule has 0 saturated heterocycles. The monoisotopic (exact) mass is 253 g/mol. The van der Waals surface area contributed by atoms with Gasteiger partial charge in [-0.1, -0.05) is 11.6 Å². The Morgan fingerprint density at radius 3 is 2.59 bits per heavy atom. The van der Waals surface area contributed by atoms with E-state index < -0.39 is 0 Å². The van der Waals surface area contributed by atoms with Crippen molar-refractivity contribution in [3.05, 3.63) is 41.6 Å². The first-order valence-electron chi connectivity index (χ1n) is 5.34. The Kier molecular flexibility index (Phi) is 5.57. The van der Waals surface area contributed by atoms with E-state index in [1.165, 1.54) is 0 Å². The Bertz CT molecular complexity index is 385. The van der Waals surface area contributed by atoms with E-state index in [-0.39, 0.29) is 5.78 Å². The van der Waals surface area contributed by atoms with Crippen molar-refractivity contribution in [1.29, 1.82) is 0 Å². The van der Waals surface area contributed by atoms with Gasteiger partial charge < -0.3 is 9.64 Å². The number of ether oxygens (including phenoxy) is 1. The van der Waals surface area contributed by atoms with E-state index in [1.54, 1.807) is 36.5 Å². The molecule has 0 saturated carbocycles. The maximum Gasteiger partial charge on any atom is 0.160 e. The molecule has 0 aliphatic carbocycles. The van der Waals surface area contributed by atoms with Gasteiger partial charge >= 0.3 is 0 Å². The Balaban J connectivity index is 2.28. The molecule has 1 rings (SSSR count). The van der Waals surface area contributed by atoms with Crippen molar-refractivity contribution in [3.63, 3.8) is 0 Å². The van der Waals surface area contributed by atoms with Crippen LogP contribution in [0.4, 0.5) is 0 Å². The van der Waals surface area contributed by atoms with Gasteiger partial charge in [0.15, 0.2) is 5.78 Å². The highest BCUT2D eigenvalue weighted by Crippen LogP contribution is 2.15. The highest BCUT2D eigenvalue weighted by molar-refractivity contribution is 6.30. The predicted octanol–water partition coefficient (Wildman–Crippen LogP) is 2.75. The molecule has 0 spiro atoms. The summed E-state index contributed by atoms with van der Waals surface area (Å²) in [4.78, 5) is 13.2. The van der Waals surface area contributed by atoms with Gasteiger partial charge in [0.1, 0.15) is 5.75 Å². The maximum atomic E-state index is 11.4. The predicted molar refractivity (Wildman–Crippen MR) is 69.4 cm³/mol. The summed E-state index contributed by atoms with van der Waals surface area (Å²) in [6, 6.07) is 7.07. The summed E-state index contributed by atoms with van der Waals surface area (Å²) >= 11 is 5.74. The second-order valence-electron chi connectivity index (χ2n) is 3.80.